The maximum atomic E-state index is 11.9. The van der Waals surface area contributed by atoms with E-state index in [2.05, 4.69) is 12.2 Å². The summed E-state index contributed by atoms with van der Waals surface area (Å²) < 4.78 is 16.4. The van der Waals surface area contributed by atoms with Crippen LogP contribution in [0.3, 0.4) is 0 Å². The minimum atomic E-state index is -0.684. The SMILES string of the molecule is CCCCCOCC(=O)NC1CCCCC1(OC)OC. The first-order valence-corrected chi connectivity index (χ1v) is 7.66. The number of rotatable bonds is 9. The number of ether oxygens (including phenoxy) is 3. The van der Waals surface area contributed by atoms with Gasteiger partial charge in [0.25, 0.3) is 0 Å². The zero-order valence-corrected chi connectivity index (χ0v) is 13.1. The average molecular weight is 287 g/mol. The van der Waals surface area contributed by atoms with E-state index in [1.807, 2.05) is 0 Å². The van der Waals surface area contributed by atoms with E-state index in [0.717, 1.165) is 44.9 Å². The molecule has 0 aliphatic heterocycles. The molecule has 0 heterocycles. The van der Waals surface area contributed by atoms with Gasteiger partial charge in [-0.3, -0.25) is 4.79 Å². The molecule has 1 amide bonds. The summed E-state index contributed by atoms with van der Waals surface area (Å²) in [4.78, 5) is 11.9. The molecule has 0 bridgehead atoms. The number of carbonyl (C=O) groups is 1. The van der Waals surface area contributed by atoms with Gasteiger partial charge in [-0.25, -0.2) is 0 Å². The van der Waals surface area contributed by atoms with Crippen LogP contribution in [-0.4, -0.2) is 45.2 Å². The first-order chi connectivity index (χ1) is 9.68. The normalized spacial score (nSPS) is 21.6. The van der Waals surface area contributed by atoms with Gasteiger partial charge in [0.05, 0.1) is 6.04 Å². The first-order valence-electron chi connectivity index (χ1n) is 7.66. The van der Waals surface area contributed by atoms with Gasteiger partial charge < -0.3 is 19.5 Å². The molecule has 1 atom stereocenters. The van der Waals surface area contributed by atoms with Crippen LogP contribution in [0.15, 0.2) is 0 Å². The fourth-order valence-electron chi connectivity index (χ4n) is 2.72. The van der Waals surface area contributed by atoms with Crippen molar-refractivity contribution in [3.63, 3.8) is 0 Å². The van der Waals surface area contributed by atoms with Crippen LogP contribution in [0.4, 0.5) is 0 Å². The molecule has 0 spiro atoms. The van der Waals surface area contributed by atoms with Gasteiger partial charge in [-0.2, -0.15) is 0 Å². The highest BCUT2D eigenvalue weighted by Gasteiger charge is 2.42. The second kappa shape index (κ2) is 9.32. The molecule has 5 heteroatoms. The molecule has 0 aromatic heterocycles. The Balaban J connectivity index is 2.35. The number of hydrogen-bond acceptors (Lipinski definition) is 4. The van der Waals surface area contributed by atoms with Gasteiger partial charge in [-0.1, -0.05) is 26.2 Å². The van der Waals surface area contributed by atoms with Crippen molar-refractivity contribution in [2.24, 2.45) is 0 Å². The van der Waals surface area contributed by atoms with Crippen molar-refractivity contribution in [1.29, 1.82) is 0 Å². The monoisotopic (exact) mass is 287 g/mol. The number of unbranched alkanes of at least 4 members (excludes halogenated alkanes) is 2. The lowest BCUT2D eigenvalue weighted by Gasteiger charge is -2.41. The first kappa shape index (κ1) is 17.4. The van der Waals surface area contributed by atoms with Crippen LogP contribution < -0.4 is 5.32 Å². The second-order valence-corrected chi connectivity index (χ2v) is 5.35. The van der Waals surface area contributed by atoms with Gasteiger partial charge in [0.2, 0.25) is 5.91 Å². The number of carbonyl (C=O) groups excluding carboxylic acids is 1. The summed E-state index contributed by atoms with van der Waals surface area (Å²) in [6.45, 7) is 2.90. The Morgan fingerprint density at radius 3 is 2.65 bits per heavy atom. The van der Waals surface area contributed by atoms with E-state index in [1.54, 1.807) is 14.2 Å². The van der Waals surface area contributed by atoms with Crippen molar-refractivity contribution >= 4 is 5.91 Å². The van der Waals surface area contributed by atoms with Gasteiger partial charge in [-0.05, 0) is 19.3 Å². The molecule has 1 N–H and O–H groups in total. The van der Waals surface area contributed by atoms with Crippen molar-refractivity contribution < 1.29 is 19.0 Å². The summed E-state index contributed by atoms with van der Waals surface area (Å²) in [6.07, 6.45) is 7.12. The van der Waals surface area contributed by atoms with Gasteiger partial charge >= 0.3 is 0 Å². The molecule has 1 rings (SSSR count). The van der Waals surface area contributed by atoms with Crippen molar-refractivity contribution in [3.8, 4) is 0 Å². The standard InChI is InChI=1S/C15H29NO4/c1-4-5-8-11-20-12-14(17)16-13-9-6-7-10-15(13,18-2)19-3/h13H,4-12H2,1-3H3,(H,16,17). The molecule has 0 saturated heterocycles. The molecule has 1 fully saturated rings. The van der Waals surface area contributed by atoms with Crippen molar-refractivity contribution in [1.82, 2.24) is 5.32 Å². The van der Waals surface area contributed by atoms with Crippen molar-refractivity contribution in [2.75, 3.05) is 27.4 Å². The number of methoxy groups -OCH3 is 2. The van der Waals surface area contributed by atoms with Crippen LogP contribution >= 0.6 is 0 Å². The smallest absolute Gasteiger partial charge is 0.246 e. The predicted octanol–water partition coefficient (Wildman–Crippen LogP) is 2.24. The van der Waals surface area contributed by atoms with E-state index >= 15 is 0 Å². The van der Waals surface area contributed by atoms with E-state index in [1.165, 1.54) is 0 Å². The lowest BCUT2D eigenvalue weighted by molar-refractivity contribution is -0.238. The van der Waals surface area contributed by atoms with Crippen LogP contribution in [0.2, 0.25) is 0 Å². The number of nitrogens with one attached hydrogen (secondary N) is 1. The Morgan fingerprint density at radius 2 is 2.00 bits per heavy atom. The minimum absolute atomic E-state index is 0.0909. The van der Waals surface area contributed by atoms with Gasteiger partial charge in [-0.15, -0.1) is 0 Å². The summed E-state index contributed by atoms with van der Waals surface area (Å²) in [5.74, 6) is -0.775. The second-order valence-electron chi connectivity index (χ2n) is 5.35. The summed E-state index contributed by atoms with van der Waals surface area (Å²) in [6, 6.07) is -0.0991. The minimum Gasteiger partial charge on any atom is -0.372 e. The Kier molecular flexibility index (Phi) is 8.11. The highest BCUT2D eigenvalue weighted by Crippen LogP contribution is 2.32. The van der Waals surface area contributed by atoms with Crippen molar-refractivity contribution in [2.45, 2.75) is 63.7 Å². The van der Waals surface area contributed by atoms with E-state index in [-0.39, 0.29) is 18.6 Å². The Bertz CT molecular complexity index is 279. The number of amides is 1. The molecule has 5 nitrogen and oxygen atoms in total. The highest BCUT2D eigenvalue weighted by atomic mass is 16.7. The summed E-state index contributed by atoms with van der Waals surface area (Å²) in [5.41, 5.74) is 0. The Morgan fingerprint density at radius 1 is 1.25 bits per heavy atom. The molecule has 1 saturated carbocycles. The summed E-state index contributed by atoms with van der Waals surface area (Å²) in [5, 5.41) is 2.99. The van der Waals surface area contributed by atoms with Gasteiger partial charge in [0, 0.05) is 27.2 Å². The van der Waals surface area contributed by atoms with Crippen LogP contribution in [-0.2, 0) is 19.0 Å². The topological polar surface area (TPSA) is 56.8 Å². The zero-order chi connectivity index (χ0) is 14.8. The molecule has 118 valence electrons. The fraction of sp³-hybridized carbons (Fsp3) is 0.933. The number of hydrogen-bond donors (Lipinski definition) is 1. The lowest BCUT2D eigenvalue weighted by atomic mass is 9.88. The maximum Gasteiger partial charge on any atom is 0.246 e. The molecule has 0 aromatic carbocycles. The molecular formula is C15H29NO4. The zero-order valence-electron chi connectivity index (χ0n) is 13.1. The third kappa shape index (κ3) is 5.04. The summed E-state index contributed by atoms with van der Waals surface area (Å²) in [7, 11) is 3.27. The quantitative estimate of drug-likeness (QED) is 0.522. The third-order valence-corrected chi connectivity index (χ3v) is 3.95. The molecule has 0 aromatic rings. The molecule has 20 heavy (non-hydrogen) atoms. The lowest BCUT2D eigenvalue weighted by Crippen LogP contribution is -2.57. The molecule has 1 aliphatic rings. The predicted molar refractivity (Wildman–Crippen MR) is 77.5 cm³/mol. The van der Waals surface area contributed by atoms with Crippen LogP contribution in [0.25, 0.3) is 0 Å². The fourth-order valence-corrected chi connectivity index (χ4v) is 2.72. The van der Waals surface area contributed by atoms with Crippen LogP contribution in [0.5, 0.6) is 0 Å². The van der Waals surface area contributed by atoms with E-state index in [4.69, 9.17) is 14.2 Å². The van der Waals surface area contributed by atoms with Crippen LogP contribution in [0, 0.1) is 0 Å². The van der Waals surface area contributed by atoms with Crippen LogP contribution in [0.1, 0.15) is 51.9 Å². The van der Waals surface area contributed by atoms with E-state index < -0.39 is 5.79 Å². The molecular weight excluding hydrogens is 258 g/mol. The van der Waals surface area contributed by atoms with Gasteiger partial charge in [0.15, 0.2) is 5.79 Å². The molecule has 1 unspecified atom stereocenters. The average Bonchev–Trinajstić information content (AvgIpc) is 2.48. The molecule has 0 radical (unpaired) electrons. The summed E-state index contributed by atoms with van der Waals surface area (Å²) >= 11 is 0. The Labute approximate surface area is 122 Å². The third-order valence-electron chi connectivity index (χ3n) is 3.95. The Hall–Kier alpha value is -0.650. The molecule has 1 aliphatic carbocycles. The maximum absolute atomic E-state index is 11.9. The van der Waals surface area contributed by atoms with E-state index in [9.17, 15) is 4.79 Å². The van der Waals surface area contributed by atoms with E-state index in [0.29, 0.717) is 6.61 Å². The largest absolute Gasteiger partial charge is 0.372 e. The van der Waals surface area contributed by atoms with Crippen molar-refractivity contribution in [3.05, 3.63) is 0 Å². The highest BCUT2D eigenvalue weighted by molar-refractivity contribution is 5.77. The van der Waals surface area contributed by atoms with Gasteiger partial charge in [0.1, 0.15) is 6.61 Å².